The number of aliphatic hydroxyl groups excluding tert-OH is 1. The molecule has 1 nitrogen and oxygen atoms in total. The van der Waals surface area contributed by atoms with Gasteiger partial charge in [0.1, 0.15) is 0 Å². The maximum atomic E-state index is 13.0. The fraction of sp³-hybridized carbons (Fsp3) is 0.200. The Hall–Kier alpha value is -1.40. The predicted octanol–water partition coefficient (Wildman–Crippen LogP) is 2.02. The quantitative estimate of drug-likeness (QED) is 0.694. The molecular formula is C10H8F2O. The molecule has 1 atom stereocenters. The minimum atomic E-state index is -1.14. The van der Waals surface area contributed by atoms with Gasteiger partial charge in [-0.05, 0) is 6.07 Å². The fourth-order valence-electron chi connectivity index (χ4n) is 0.999. The second-order valence-electron chi connectivity index (χ2n) is 2.57. The number of hydrogen-bond donors (Lipinski definition) is 1. The molecule has 0 amide bonds. The molecule has 1 rings (SSSR count). The van der Waals surface area contributed by atoms with Crippen molar-refractivity contribution in [2.24, 2.45) is 0 Å². The minimum absolute atomic E-state index is 0.0274. The number of benzene rings is 1. The molecule has 0 spiro atoms. The molecule has 13 heavy (non-hydrogen) atoms. The van der Waals surface area contributed by atoms with Gasteiger partial charge in [-0.15, -0.1) is 12.3 Å². The number of aliphatic hydroxyl groups is 1. The van der Waals surface area contributed by atoms with Gasteiger partial charge in [-0.25, -0.2) is 8.78 Å². The molecule has 0 fully saturated rings. The van der Waals surface area contributed by atoms with Gasteiger partial charge < -0.3 is 5.11 Å². The summed E-state index contributed by atoms with van der Waals surface area (Å²) in [6.45, 7) is 0. The van der Waals surface area contributed by atoms with E-state index in [1.165, 1.54) is 12.1 Å². The van der Waals surface area contributed by atoms with E-state index < -0.39 is 17.7 Å². The molecule has 68 valence electrons. The van der Waals surface area contributed by atoms with E-state index in [0.29, 0.717) is 0 Å². The lowest BCUT2D eigenvalue weighted by atomic mass is 10.1. The molecule has 0 aromatic heterocycles. The summed E-state index contributed by atoms with van der Waals surface area (Å²) < 4.78 is 25.6. The first-order valence-electron chi connectivity index (χ1n) is 3.72. The Bertz CT molecular complexity index is 341. The van der Waals surface area contributed by atoms with Crippen LogP contribution in [0.1, 0.15) is 18.1 Å². The maximum Gasteiger partial charge on any atom is 0.164 e. The van der Waals surface area contributed by atoms with Crippen LogP contribution in [0.25, 0.3) is 0 Å². The highest BCUT2D eigenvalue weighted by atomic mass is 19.2. The summed E-state index contributed by atoms with van der Waals surface area (Å²) in [7, 11) is 0. The van der Waals surface area contributed by atoms with Crippen molar-refractivity contribution in [3.8, 4) is 12.3 Å². The van der Waals surface area contributed by atoms with Gasteiger partial charge in [0, 0.05) is 12.0 Å². The molecule has 0 saturated heterocycles. The van der Waals surface area contributed by atoms with Crippen LogP contribution in [0.15, 0.2) is 18.2 Å². The lowest BCUT2D eigenvalue weighted by Gasteiger charge is -2.08. The van der Waals surface area contributed by atoms with Crippen LogP contribution in [-0.2, 0) is 0 Å². The largest absolute Gasteiger partial charge is 0.387 e. The lowest BCUT2D eigenvalue weighted by Crippen LogP contribution is -2.01. The van der Waals surface area contributed by atoms with E-state index in [1.54, 1.807) is 0 Å². The summed E-state index contributed by atoms with van der Waals surface area (Å²) >= 11 is 0. The van der Waals surface area contributed by atoms with Crippen molar-refractivity contribution in [2.45, 2.75) is 12.5 Å². The molecule has 0 bridgehead atoms. The SMILES string of the molecule is C#CCC(O)c1cccc(F)c1F. The molecule has 1 unspecified atom stereocenters. The fourth-order valence-corrected chi connectivity index (χ4v) is 0.999. The Morgan fingerprint density at radius 3 is 2.77 bits per heavy atom. The molecule has 0 aliphatic rings. The Morgan fingerprint density at radius 1 is 1.46 bits per heavy atom. The van der Waals surface area contributed by atoms with E-state index in [9.17, 15) is 13.9 Å². The first-order valence-corrected chi connectivity index (χ1v) is 3.72. The van der Waals surface area contributed by atoms with Crippen molar-refractivity contribution in [2.75, 3.05) is 0 Å². The van der Waals surface area contributed by atoms with E-state index in [-0.39, 0.29) is 12.0 Å². The van der Waals surface area contributed by atoms with Crippen LogP contribution in [-0.4, -0.2) is 5.11 Å². The van der Waals surface area contributed by atoms with Crippen LogP contribution in [0.3, 0.4) is 0 Å². The summed E-state index contributed by atoms with van der Waals surface area (Å²) in [5.41, 5.74) is -0.0991. The van der Waals surface area contributed by atoms with Crippen molar-refractivity contribution in [3.05, 3.63) is 35.4 Å². The number of halogens is 2. The summed E-state index contributed by atoms with van der Waals surface area (Å²) in [6.07, 6.45) is 3.76. The van der Waals surface area contributed by atoms with E-state index >= 15 is 0 Å². The van der Waals surface area contributed by atoms with E-state index in [1.807, 2.05) is 0 Å². The van der Waals surface area contributed by atoms with Crippen LogP contribution < -0.4 is 0 Å². The summed E-state index contributed by atoms with van der Waals surface area (Å²) in [4.78, 5) is 0. The monoisotopic (exact) mass is 182 g/mol. The molecule has 0 heterocycles. The Labute approximate surface area is 75.0 Å². The van der Waals surface area contributed by atoms with Crippen LogP contribution in [0, 0.1) is 24.0 Å². The highest BCUT2D eigenvalue weighted by molar-refractivity contribution is 5.22. The summed E-state index contributed by atoms with van der Waals surface area (Å²) in [5, 5.41) is 9.28. The number of rotatable bonds is 2. The van der Waals surface area contributed by atoms with Crippen LogP contribution in [0.4, 0.5) is 8.78 Å². The average Bonchev–Trinajstić information content (AvgIpc) is 2.10. The minimum Gasteiger partial charge on any atom is -0.387 e. The maximum absolute atomic E-state index is 13.0. The van der Waals surface area contributed by atoms with E-state index in [4.69, 9.17) is 6.42 Å². The third-order valence-corrected chi connectivity index (χ3v) is 1.65. The topological polar surface area (TPSA) is 20.2 Å². The van der Waals surface area contributed by atoms with Gasteiger partial charge in [-0.2, -0.15) is 0 Å². The third-order valence-electron chi connectivity index (χ3n) is 1.65. The zero-order chi connectivity index (χ0) is 9.84. The highest BCUT2D eigenvalue weighted by Gasteiger charge is 2.14. The molecular weight excluding hydrogens is 174 g/mol. The van der Waals surface area contributed by atoms with Crippen LogP contribution in [0.5, 0.6) is 0 Å². The Balaban J connectivity index is 3.02. The highest BCUT2D eigenvalue weighted by Crippen LogP contribution is 2.20. The van der Waals surface area contributed by atoms with Gasteiger partial charge in [0.05, 0.1) is 6.10 Å². The number of terminal acetylenes is 1. The summed E-state index contributed by atoms with van der Waals surface area (Å²) in [6, 6.07) is 3.62. The smallest absolute Gasteiger partial charge is 0.164 e. The van der Waals surface area contributed by atoms with Gasteiger partial charge in [0.15, 0.2) is 11.6 Å². The van der Waals surface area contributed by atoms with Crippen LogP contribution >= 0.6 is 0 Å². The third kappa shape index (κ3) is 2.04. The molecule has 0 aliphatic heterocycles. The van der Waals surface area contributed by atoms with Crippen molar-refractivity contribution >= 4 is 0 Å². The molecule has 0 aliphatic carbocycles. The van der Waals surface area contributed by atoms with Gasteiger partial charge in [0.2, 0.25) is 0 Å². The zero-order valence-corrected chi connectivity index (χ0v) is 6.80. The molecule has 0 saturated carbocycles. The van der Waals surface area contributed by atoms with Crippen molar-refractivity contribution in [1.82, 2.24) is 0 Å². The molecule has 0 radical (unpaired) electrons. The number of hydrogen-bond acceptors (Lipinski definition) is 1. The Kier molecular flexibility index (Phi) is 2.99. The molecule has 1 aromatic rings. The lowest BCUT2D eigenvalue weighted by molar-refractivity contribution is 0.178. The van der Waals surface area contributed by atoms with E-state index in [0.717, 1.165) is 6.07 Å². The van der Waals surface area contributed by atoms with Crippen molar-refractivity contribution in [3.63, 3.8) is 0 Å². The Morgan fingerprint density at radius 2 is 2.15 bits per heavy atom. The van der Waals surface area contributed by atoms with Gasteiger partial charge in [-0.3, -0.25) is 0 Å². The van der Waals surface area contributed by atoms with Crippen LogP contribution in [0.2, 0.25) is 0 Å². The average molecular weight is 182 g/mol. The predicted molar refractivity (Wildman–Crippen MR) is 44.8 cm³/mol. The summed E-state index contributed by atoms with van der Waals surface area (Å²) in [5.74, 6) is 0.159. The normalized spacial score (nSPS) is 12.2. The molecule has 1 aromatic carbocycles. The zero-order valence-electron chi connectivity index (χ0n) is 6.80. The van der Waals surface area contributed by atoms with Gasteiger partial charge in [-0.1, -0.05) is 12.1 Å². The van der Waals surface area contributed by atoms with Gasteiger partial charge in [0.25, 0.3) is 0 Å². The molecule has 1 N–H and O–H groups in total. The van der Waals surface area contributed by atoms with E-state index in [2.05, 4.69) is 5.92 Å². The standard InChI is InChI=1S/C10H8F2O/c1-2-4-9(13)7-5-3-6-8(11)10(7)12/h1,3,5-6,9,13H,4H2. The second-order valence-corrected chi connectivity index (χ2v) is 2.57. The first kappa shape index (κ1) is 9.69. The van der Waals surface area contributed by atoms with Crippen molar-refractivity contribution < 1.29 is 13.9 Å². The first-order chi connectivity index (χ1) is 6.16. The molecule has 3 heteroatoms. The van der Waals surface area contributed by atoms with Gasteiger partial charge >= 0.3 is 0 Å². The second kappa shape index (κ2) is 4.01. The van der Waals surface area contributed by atoms with Crippen molar-refractivity contribution in [1.29, 1.82) is 0 Å².